The Hall–Kier alpha value is -2.94. The molecule has 21 heavy (non-hydrogen) atoms. The van der Waals surface area contributed by atoms with Gasteiger partial charge in [0, 0.05) is 28.7 Å². The van der Waals surface area contributed by atoms with Gasteiger partial charge >= 0.3 is 0 Å². The van der Waals surface area contributed by atoms with E-state index in [0.29, 0.717) is 0 Å². The summed E-state index contributed by atoms with van der Waals surface area (Å²) >= 11 is 0. The first kappa shape index (κ1) is 11.9. The van der Waals surface area contributed by atoms with Gasteiger partial charge in [-0.2, -0.15) is 0 Å². The van der Waals surface area contributed by atoms with Gasteiger partial charge in [0.15, 0.2) is 0 Å². The van der Waals surface area contributed by atoms with Crippen LogP contribution in [0.5, 0.6) is 5.75 Å². The molecule has 0 aliphatic heterocycles. The van der Waals surface area contributed by atoms with Crippen molar-refractivity contribution in [2.45, 2.75) is 0 Å². The summed E-state index contributed by atoms with van der Waals surface area (Å²) in [5, 5.41) is 12.2. The Bertz CT molecular complexity index is 963. The molecule has 0 radical (unpaired) electrons. The van der Waals surface area contributed by atoms with Crippen LogP contribution < -0.4 is 0 Å². The van der Waals surface area contributed by atoms with Crippen LogP contribution in [0.15, 0.2) is 67.0 Å². The highest BCUT2D eigenvalue weighted by molar-refractivity contribution is 6.08. The number of rotatable bonds is 1. The van der Waals surface area contributed by atoms with E-state index in [4.69, 9.17) is 0 Å². The molecule has 2 aromatic heterocycles. The standard InChI is InChI=1S/C18H12N2O/c21-16-6-2-1-5-14(16)13-9-11-20-18-15(13)8-7-12-4-3-10-19-17(12)18/h1-11,21H. The average molecular weight is 272 g/mol. The molecule has 0 aliphatic rings. The van der Waals surface area contributed by atoms with Gasteiger partial charge in [-0.05, 0) is 23.8 Å². The molecule has 0 atom stereocenters. The van der Waals surface area contributed by atoms with Gasteiger partial charge in [0.05, 0.1) is 11.0 Å². The van der Waals surface area contributed by atoms with Crippen LogP contribution in [0.2, 0.25) is 0 Å². The lowest BCUT2D eigenvalue weighted by molar-refractivity contribution is 0.477. The molecule has 3 heteroatoms. The molecule has 0 saturated heterocycles. The van der Waals surface area contributed by atoms with Gasteiger partial charge in [0.1, 0.15) is 5.75 Å². The summed E-state index contributed by atoms with van der Waals surface area (Å²) in [5.74, 6) is 0.270. The third-order valence-electron chi connectivity index (χ3n) is 3.68. The molecular weight excluding hydrogens is 260 g/mol. The number of pyridine rings is 2. The van der Waals surface area contributed by atoms with Crippen LogP contribution in [0.4, 0.5) is 0 Å². The Kier molecular flexibility index (Phi) is 2.57. The van der Waals surface area contributed by atoms with Crippen molar-refractivity contribution in [3.8, 4) is 16.9 Å². The zero-order chi connectivity index (χ0) is 14.2. The van der Waals surface area contributed by atoms with Crippen molar-refractivity contribution in [1.82, 2.24) is 9.97 Å². The molecule has 0 amide bonds. The fourth-order valence-electron chi connectivity index (χ4n) is 2.69. The molecule has 4 rings (SSSR count). The quantitative estimate of drug-likeness (QED) is 0.529. The summed E-state index contributed by atoms with van der Waals surface area (Å²) < 4.78 is 0. The molecule has 0 aliphatic carbocycles. The highest BCUT2D eigenvalue weighted by Gasteiger charge is 2.10. The maximum Gasteiger partial charge on any atom is 0.123 e. The highest BCUT2D eigenvalue weighted by atomic mass is 16.3. The molecule has 2 heterocycles. The Labute approximate surface area is 121 Å². The lowest BCUT2D eigenvalue weighted by Gasteiger charge is -2.09. The van der Waals surface area contributed by atoms with Gasteiger partial charge in [0.25, 0.3) is 0 Å². The van der Waals surface area contributed by atoms with E-state index in [1.165, 1.54) is 0 Å². The molecule has 2 aromatic carbocycles. The molecule has 1 N–H and O–H groups in total. The fourth-order valence-corrected chi connectivity index (χ4v) is 2.69. The van der Waals surface area contributed by atoms with Crippen molar-refractivity contribution in [3.05, 3.63) is 67.0 Å². The van der Waals surface area contributed by atoms with Crippen molar-refractivity contribution < 1.29 is 5.11 Å². The van der Waals surface area contributed by atoms with E-state index in [0.717, 1.165) is 32.9 Å². The number of fused-ring (bicyclic) bond motifs is 3. The summed E-state index contributed by atoms with van der Waals surface area (Å²) in [5.41, 5.74) is 3.51. The van der Waals surface area contributed by atoms with Gasteiger partial charge in [0.2, 0.25) is 0 Å². The van der Waals surface area contributed by atoms with Crippen molar-refractivity contribution >= 4 is 21.8 Å². The second-order valence-electron chi connectivity index (χ2n) is 4.91. The SMILES string of the molecule is Oc1ccccc1-c1ccnc2c1ccc1cccnc12. The van der Waals surface area contributed by atoms with E-state index >= 15 is 0 Å². The van der Waals surface area contributed by atoms with Crippen molar-refractivity contribution in [2.24, 2.45) is 0 Å². The summed E-state index contributed by atoms with van der Waals surface area (Å²) in [6, 6.07) is 17.3. The largest absolute Gasteiger partial charge is 0.507 e. The Balaban J connectivity index is 2.12. The third kappa shape index (κ3) is 1.82. The smallest absolute Gasteiger partial charge is 0.123 e. The number of para-hydroxylation sites is 1. The zero-order valence-electron chi connectivity index (χ0n) is 11.2. The second kappa shape index (κ2) is 4.56. The monoisotopic (exact) mass is 272 g/mol. The van der Waals surface area contributed by atoms with Crippen LogP contribution in [0.25, 0.3) is 32.9 Å². The number of benzene rings is 2. The predicted octanol–water partition coefficient (Wildman–Crippen LogP) is 4.16. The van der Waals surface area contributed by atoms with Gasteiger partial charge in [-0.25, -0.2) is 0 Å². The maximum atomic E-state index is 10.1. The molecule has 0 bridgehead atoms. The minimum absolute atomic E-state index is 0.270. The summed E-state index contributed by atoms with van der Waals surface area (Å²) in [4.78, 5) is 8.92. The maximum absolute atomic E-state index is 10.1. The molecule has 0 saturated carbocycles. The van der Waals surface area contributed by atoms with E-state index in [-0.39, 0.29) is 5.75 Å². The highest BCUT2D eigenvalue weighted by Crippen LogP contribution is 2.35. The number of nitrogens with zero attached hydrogens (tertiary/aromatic N) is 2. The average Bonchev–Trinajstić information content (AvgIpc) is 2.55. The van der Waals surface area contributed by atoms with Crippen molar-refractivity contribution in [3.63, 3.8) is 0 Å². The number of aromatic nitrogens is 2. The van der Waals surface area contributed by atoms with Crippen LogP contribution >= 0.6 is 0 Å². The van der Waals surface area contributed by atoms with Crippen LogP contribution in [0.3, 0.4) is 0 Å². The Morgan fingerprint density at radius 2 is 1.52 bits per heavy atom. The minimum Gasteiger partial charge on any atom is -0.507 e. The first-order valence-corrected chi connectivity index (χ1v) is 6.75. The topological polar surface area (TPSA) is 46.0 Å². The summed E-state index contributed by atoms with van der Waals surface area (Å²) in [6.45, 7) is 0. The number of phenolic OH excluding ortho intramolecular Hbond substituents is 1. The van der Waals surface area contributed by atoms with Crippen molar-refractivity contribution in [1.29, 1.82) is 0 Å². The van der Waals surface area contributed by atoms with E-state index in [1.807, 2.05) is 48.5 Å². The third-order valence-corrected chi connectivity index (χ3v) is 3.68. The lowest BCUT2D eigenvalue weighted by atomic mass is 9.99. The zero-order valence-corrected chi connectivity index (χ0v) is 11.2. The Morgan fingerprint density at radius 3 is 2.43 bits per heavy atom. The number of hydrogen-bond acceptors (Lipinski definition) is 3. The van der Waals surface area contributed by atoms with Crippen LogP contribution in [0, 0.1) is 0 Å². The van der Waals surface area contributed by atoms with E-state index in [2.05, 4.69) is 9.97 Å². The minimum atomic E-state index is 0.270. The number of hydrogen-bond donors (Lipinski definition) is 1. The predicted molar refractivity (Wildman–Crippen MR) is 84.1 cm³/mol. The summed E-state index contributed by atoms with van der Waals surface area (Å²) in [6.07, 6.45) is 3.54. The second-order valence-corrected chi connectivity index (χ2v) is 4.91. The van der Waals surface area contributed by atoms with Crippen LogP contribution in [0.1, 0.15) is 0 Å². The molecule has 4 aromatic rings. The van der Waals surface area contributed by atoms with Gasteiger partial charge < -0.3 is 5.11 Å². The van der Waals surface area contributed by atoms with Crippen molar-refractivity contribution in [2.75, 3.05) is 0 Å². The normalized spacial score (nSPS) is 11.0. The van der Waals surface area contributed by atoms with Crippen LogP contribution in [-0.2, 0) is 0 Å². The first-order valence-electron chi connectivity index (χ1n) is 6.75. The van der Waals surface area contributed by atoms with E-state index in [9.17, 15) is 5.11 Å². The summed E-state index contributed by atoms with van der Waals surface area (Å²) in [7, 11) is 0. The molecule has 3 nitrogen and oxygen atoms in total. The van der Waals surface area contributed by atoms with E-state index in [1.54, 1.807) is 18.5 Å². The lowest BCUT2D eigenvalue weighted by Crippen LogP contribution is -1.88. The Morgan fingerprint density at radius 1 is 0.667 bits per heavy atom. The van der Waals surface area contributed by atoms with E-state index < -0.39 is 0 Å². The van der Waals surface area contributed by atoms with Gasteiger partial charge in [-0.15, -0.1) is 0 Å². The fraction of sp³-hybridized carbons (Fsp3) is 0. The molecule has 0 fully saturated rings. The molecular formula is C18H12N2O. The first-order chi connectivity index (χ1) is 10.3. The van der Waals surface area contributed by atoms with Gasteiger partial charge in [-0.1, -0.05) is 36.4 Å². The molecule has 0 unspecified atom stereocenters. The number of phenols is 1. The number of aromatic hydroxyl groups is 1. The molecule has 0 spiro atoms. The van der Waals surface area contributed by atoms with Crippen LogP contribution in [-0.4, -0.2) is 15.1 Å². The molecule has 100 valence electrons. The van der Waals surface area contributed by atoms with Gasteiger partial charge in [-0.3, -0.25) is 9.97 Å².